The zero-order valence-corrected chi connectivity index (χ0v) is 13.0. The molecular weight excluding hydrogens is 336 g/mol. The van der Waals surface area contributed by atoms with Crippen LogP contribution in [0.5, 0.6) is 0 Å². The van der Waals surface area contributed by atoms with E-state index in [0.29, 0.717) is 12.8 Å². The van der Waals surface area contributed by atoms with E-state index in [1.807, 2.05) is 0 Å². The van der Waals surface area contributed by atoms with Gasteiger partial charge in [-0.25, -0.2) is 0 Å². The average Bonchev–Trinajstić information content (AvgIpc) is 2.30. The van der Waals surface area contributed by atoms with Crippen LogP contribution in [0.1, 0.15) is 65.2 Å². The van der Waals surface area contributed by atoms with E-state index in [1.165, 1.54) is 0 Å². The summed E-state index contributed by atoms with van der Waals surface area (Å²) in [6, 6.07) is 0. The SMILES string of the molecule is CCCCCC(=O)O[Te]OC(=O)CCCCC. The number of unbranched alkanes of at least 4 members (excludes halogenated alkanes) is 4. The standard InChI is InChI=1S/C12H22O4Te/c1-3-5-7-9-11(13)15-17-16-12(14)10-8-6-4-2/h3-10H2,1-2H3. The Labute approximate surface area is 115 Å². The number of rotatable bonds is 10. The van der Waals surface area contributed by atoms with Crippen molar-refractivity contribution >= 4 is 33.7 Å². The van der Waals surface area contributed by atoms with Gasteiger partial charge in [-0.2, -0.15) is 0 Å². The molecule has 4 nitrogen and oxygen atoms in total. The van der Waals surface area contributed by atoms with Crippen LogP contribution >= 0.6 is 0 Å². The second kappa shape index (κ2) is 12.2. The summed E-state index contributed by atoms with van der Waals surface area (Å²) in [6.45, 7) is 4.16. The van der Waals surface area contributed by atoms with Crippen LogP contribution in [0.3, 0.4) is 0 Å². The molecule has 0 aliphatic carbocycles. The second-order valence-corrected chi connectivity index (χ2v) is 5.23. The monoisotopic (exact) mass is 360 g/mol. The predicted molar refractivity (Wildman–Crippen MR) is 66.2 cm³/mol. The van der Waals surface area contributed by atoms with Gasteiger partial charge in [-0.3, -0.25) is 0 Å². The maximum absolute atomic E-state index is 11.2. The molecule has 0 aromatic carbocycles. The molecule has 0 rings (SSSR count). The van der Waals surface area contributed by atoms with Gasteiger partial charge in [0.05, 0.1) is 0 Å². The normalized spacial score (nSPS) is 10.0. The summed E-state index contributed by atoms with van der Waals surface area (Å²) < 4.78 is 9.83. The molecule has 0 atom stereocenters. The summed E-state index contributed by atoms with van der Waals surface area (Å²) in [7, 11) is 0. The summed E-state index contributed by atoms with van der Waals surface area (Å²) in [4.78, 5) is 22.4. The van der Waals surface area contributed by atoms with Crippen LogP contribution in [0.2, 0.25) is 0 Å². The molecule has 0 radical (unpaired) electrons. The average molecular weight is 358 g/mol. The van der Waals surface area contributed by atoms with Gasteiger partial charge in [0.1, 0.15) is 0 Å². The van der Waals surface area contributed by atoms with Crippen molar-refractivity contribution in [3.63, 3.8) is 0 Å². The summed E-state index contributed by atoms with van der Waals surface area (Å²) in [5.74, 6) is -0.468. The van der Waals surface area contributed by atoms with Gasteiger partial charge in [-0.05, 0) is 0 Å². The van der Waals surface area contributed by atoms with Gasteiger partial charge in [0.25, 0.3) is 0 Å². The fourth-order valence-electron chi connectivity index (χ4n) is 1.21. The van der Waals surface area contributed by atoms with Crippen LogP contribution in [0, 0.1) is 0 Å². The Kier molecular flexibility index (Phi) is 12.0. The zero-order chi connectivity index (χ0) is 12.9. The number of carbonyl (C=O) groups excluding carboxylic acids is 2. The molecule has 5 heteroatoms. The van der Waals surface area contributed by atoms with Crippen LogP contribution < -0.4 is 0 Å². The molecule has 100 valence electrons. The van der Waals surface area contributed by atoms with Crippen LogP contribution in [0.15, 0.2) is 0 Å². The van der Waals surface area contributed by atoms with E-state index in [0.717, 1.165) is 38.5 Å². The van der Waals surface area contributed by atoms with Gasteiger partial charge in [-0.1, -0.05) is 0 Å². The number of carbonyl (C=O) groups is 2. The van der Waals surface area contributed by atoms with Crippen molar-refractivity contribution in [3.05, 3.63) is 0 Å². The summed E-state index contributed by atoms with van der Waals surface area (Å²) >= 11 is -1.37. The molecule has 0 bridgehead atoms. The summed E-state index contributed by atoms with van der Waals surface area (Å²) in [5.41, 5.74) is 0. The molecule has 0 fully saturated rings. The third-order valence-electron chi connectivity index (χ3n) is 2.22. The van der Waals surface area contributed by atoms with Crippen LogP contribution in [-0.4, -0.2) is 33.7 Å². The zero-order valence-electron chi connectivity index (χ0n) is 10.7. The van der Waals surface area contributed by atoms with Gasteiger partial charge in [0, 0.05) is 0 Å². The minimum absolute atomic E-state index is 0.234. The summed E-state index contributed by atoms with van der Waals surface area (Å²) in [6.07, 6.45) is 6.81. The van der Waals surface area contributed by atoms with Gasteiger partial charge in [0.15, 0.2) is 0 Å². The molecule has 0 aromatic rings. The first-order valence-corrected chi connectivity index (χ1v) is 8.17. The fraction of sp³-hybridized carbons (Fsp3) is 0.833. The van der Waals surface area contributed by atoms with E-state index >= 15 is 0 Å². The van der Waals surface area contributed by atoms with Gasteiger partial charge in [0.2, 0.25) is 0 Å². The molecule has 0 heterocycles. The third-order valence-corrected chi connectivity index (χ3v) is 3.67. The Bertz CT molecular complexity index is 197. The first-order valence-electron chi connectivity index (χ1n) is 6.27. The van der Waals surface area contributed by atoms with Crippen molar-refractivity contribution in [2.45, 2.75) is 65.2 Å². The van der Waals surface area contributed by atoms with E-state index in [1.54, 1.807) is 0 Å². The molecular formula is C12H22O4Te. The molecule has 0 saturated carbocycles. The van der Waals surface area contributed by atoms with Crippen molar-refractivity contribution in [2.24, 2.45) is 0 Å². The van der Waals surface area contributed by atoms with E-state index in [9.17, 15) is 9.59 Å². The predicted octanol–water partition coefficient (Wildman–Crippen LogP) is 2.77. The first kappa shape index (κ1) is 16.7. The van der Waals surface area contributed by atoms with Gasteiger partial charge in [-0.15, -0.1) is 0 Å². The van der Waals surface area contributed by atoms with Crippen LogP contribution in [0.25, 0.3) is 0 Å². The molecule has 0 spiro atoms. The fourth-order valence-corrected chi connectivity index (χ4v) is 2.22. The Morgan fingerprint density at radius 1 is 0.824 bits per heavy atom. The first-order chi connectivity index (χ1) is 8.20. The molecule has 0 saturated heterocycles. The van der Waals surface area contributed by atoms with E-state index in [4.69, 9.17) is 6.20 Å². The van der Waals surface area contributed by atoms with Crippen molar-refractivity contribution in [3.8, 4) is 0 Å². The van der Waals surface area contributed by atoms with Crippen molar-refractivity contribution < 1.29 is 15.8 Å². The number of hydrogen-bond donors (Lipinski definition) is 0. The molecule has 0 unspecified atom stereocenters. The summed E-state index contributed by atoms with van der Waals surface area (Å²) in [5, 5.41) is 0. The molecule has 17 heavy (non-hydrogen) atoms. The molecule has 0 N–H and O–H groups in total. The molecule has 0 amide bonds. The Morgan fingerprint density at radius 3 is 1.59 bits per heavy atom. The molecule has 0 aliphatic rings. The number of hydrogen-bond acceptors (Lipinski definition) is 4. The second-order valence-electron chi connectivity index (χ2n) is 3.89. The van der Waals surface area contributed by atoms with Crippen molar-refractivity contribution in [1.29, 1.82) is 0 Å². The topological polar surface area (TPSA) is 52.6 Å². The Balaban J connectivity index is 3.36. The van der Waals surface area contributed by atoms with E-state index < -0.39 is 21.7 Å². The van der Waals surface area contributed by atoms with Gasteiger partial charge >= 0.3 is 115 Å². The van der Waals surface area contributed by atoms with Crippen molar-refractivity contribution in [1.82, 2.24) is 0 Å². The van der Waals surface area contributed by atoms with Crippen LogP contribution in [0.4, 0.5) is 0 Å². The minimum atomic E-state index is -1.37. The quantitative estimate of drug-likeness (QED) is 0.445. The maximum atomic E-state index is 11.2. The molecule has 0 aromatic heterocycles. The third kappa shape index (κ3) is 12.0. The van der Waals surface area contributed by atoms with Crippen LogP contribution in [-0.2, 0) is 15.8 Å². The Hall–Kier alpha value is -0.270. The van der Waals surface area contributed by atoms with E-state index in [2.05, 4.69) is 13.8 Å². The van der Waals surface area contributed by atoms with Crippen molar-refractivity contribution in [2.75, 3.05) is 0 Å². The van der Waals surface area contributed by atoms with E-state index in [-0.39, 0.29) is 11.9 Å². The Morgan fingerprint density at radius 2 is 1.24 bits per heavy atom. The molecule has 0 aliphatic heterocycles. The van der Waals surface area contributed by atoms with Gasteiger partial charge < -0.3 is 0 Å².